The summed E-state index contributed by atoms with van der Waals surface area (Å²) in [5.74, 6) is -7.52. The quantitative estimate of drug-likeness (QED) is 0.130. The van der Waals surface area contributed by atoms with Crippen LogP contribution in [0.25, 0.3) is 11.3 Å². The van der Waals surface area contributed by atoms with Crippen molar-refractivity contribution in [3.8, 4) is 5.75 Å². The molecule has 3 amide bonds. The minimum Gasteiger partial charge on any atom is -0.508 e. The smallest absolute Gasteiger partial charge is 0.323 e. The summed E-state index contributed by atoms with van der Waals surface area (Å²) in [6, 6.07) is 4.96. The van der Waals surface area contributed by atoms with Gasteiger partial charge in [0.15, 0.2) is 17.1 Å². The van der Waals surface area contributed by atoms with Crippen LogP contribution in [0.5, 0.6) is 5.75 Å². The molecule has 4 atom stereocenters. The number of Topliss-reactive ketones (excluding diaryl/α,β-unsaturated/α-hetero) is 2. The number of benzene rings is 2. The summed E-state index contributed by atoms with van der Waals surface area (Å²) in [6.07, 6.45) is 0.0679. The Morgan fingerprint density at radius 3 is 2.32 bits per heavy atom. The molecule has 0 bridgehead atoms. The second kappa shape index (κ2) is 12.0. The molecule has 8 N–H and O–H groups in total. The SMILES string of the molecule is C=C(C)c1cc(NC(=O)Nc2cc(N(C)C)c3c(c2O)C(O)=C2C(=O)[C@]4(O)C(O)=C(C(N)=O)C(=O)[C@@H](N(C)C)[C@@H]4C[C@@H]2C3)ccc1I. The molecule has 0 saturated heterocycles. The summed E-state index contributed by atoms with van der Waals surface area (Å²) in [4.78, 5) is 56.0. The monoisotopic (exact) mass is 757 g/mol. The number of rotatable bonds is 6. The number of likely N-dealkylation sites (N-methyl/N-ethyl adjacent to an activating group) is 1. The molecule has 1 saturated carbocycles. The lowest BCUT2D eigenvalue weighted by Gasteiger charge is -2.50. The first-order chi connectivity index (χ1) is 21.9. The molecule has 0 unspecified atom stereocenters. The third-order valence-electron chi connectivity index (χ3n) is 9.11. The molecule has 14 heteroatoms. The molecule has 0 aromatic heterocycles. The van der Waals surface area contributed by atoms with Gasteiger partial charge in [-0.1, -0.05) is 6.58 Å². The number of nitrogens with two attached hydrogens (primary N) is 1. The Kier molecular flexibility index (Phi) is 8.66. The number of aliphatic hydroxyl groups is 3. The van der Waals surface area contributed by atoms with E-state index >= 15 is 0 Å². The number of urea groups is 1. The lowest BCUT2D eigenvalue weighted by molar-refractivity contribution is -0.153. The van der Waals surface area contributed by atoms with Crippen molar-refractivity contribution < 1.29 is 39.6 Å². The van der Waals surface area contributed by atoms with E-state index in [1.165, 1.54) is 19.0 Å². The Hall–Kier alpha value is -4.41. The summed E-state index contributed by atoms with van der Waals surface area (Å²) in [7, 11) is 6.55. The highest BCUT2D eigenvalue weighted by Crippen LogP contribution is 2.54. The van der Waals surface area contributed by atoms with Gasteiger partial charge in [0.25, 0.3) is 5.91 Å². The van der Waals surface area contributed by atoms with Crippen LogP contribution in [0.4, 0.5) is 21.9 Å². The fraction of sp³-hybridized carbons (Fsp3) is 0.333. The van der Waals surface area contributed by atoms with E-state index in [1.54, 1.807) is 37.2 Å². The van der Waals surface area contributed by atoms with Gasteiger partial charge in [-0.2, -0.15) is 0 Å². The Morgan fingerprint density at radius 1 is 1.09 bits per heavy atom. The molecule has 1 fully saturated rings. The van der Waals surface area contributed by atoms with Gasteiger partial charge in [-0.3, -0.25) is 19.3 Å². The van der Waals surface area contributed by atoms with Crippen molar-refractivity contribution in [3.63, 3.8) is 0 Å². The normalized spacial score (nSPS) is 23.6. The molecule has 13 nitrogen and oxygen atoms in total. The Bertz CT molecular complexity index is 1850. The molecule has 47 heavy (non-hydrogen) atoms. The number of carbonyl (C=O) groups excluding carboxylic acids is 4. The Labute approximate surface area is 284 Å². The predicted octanol–water partition coefficient (Wildman–Crippen LogP) is 3.31. The molecular weight excluding hydrogens is 721 g/mol. The van der Waals surface area contributed by atoms with E-state index in [2.05, 4.69) is 39.8 Å². The average molecular weight is 758 g/mol. The number of nitrogens with one attached hydrogen (secondary N) is 2. The highest BCUT2D eigenvalue weighted by Gasteiger charge is 2.64. The fourth-order valence-electron chi connectivity index (χ4n) is 7.00. The number of phenolic OH excluding ortho intramolecular Hbond substituents is 1. The first kappa shape index (κ1) is 33.9. The number of amides is 3. The Morgan fingerprint density at radius 2 is 1.74 bits per heavy atom. The van der Waals surface area contributed by atoms with E-state index in [4.69, 9.17) is 5.73 Å². The summed E-state index contributed by atoms with van der Waals surface area (Å²) < 4.78 is 0.950. The van der Waals surface area contributed by atoms with Crippen molar-refractivity contribution in [2.24, 2.45) is 17.6 Å². The van der Waals surface area contributed by atoms with Gasteiger partial charge in [-0.25, -0.2) is 4.79 Å². The van der Waals surface area contributed by atoms with Gasteiger partial charge in [-0.05, 0) is 103 Å². The first-order valence-electron chi connectivity index (χ1n) is 14.7. The number of nitrogens with zero attached hydrogens (tertiary/aromatic N) is 2. The van der Waals surface area contributed by atoms with Gasteiger partial charge in [0.1, 0.15) is 17.1 Å². The van der Waals surface area contributed by atoms with Crippen LogP contribution in [0.3, 0.4) is 0 Å². The number of ketones is 2. The van der Waals surface area contributed by atoms with Crippen LogP contribution in [0.1, 0.15) is 30.0 Å². The predicted molar refractivity (Wildman–Crippen MR) is 185 cm³/mol. The number of phenols is 1. The van der Waals surface area contributed by atoms with Gasteiger partial charge in [0, 0.05) is 40.5 Å². The molecule has 3 aliphatic carbocycles. The van der Waals surface area contributed by atoms with Crippen LogP contribution in [-0.2, 0) is 20.8 Å². The van der Waals surface area contributed by atoms with Crippen LogP contribution in [0, 0.1) is 15.4 Å². The molecule has 0 aliphatic heterocycles. The topological polar surface area (TPSA) is 206 Å². The third-order valence-corrected chi connectivity index (χ3v) is 10.1. The summed E-state index contributed by atoms with van der Waals surface area (Å²) in [5.41, 5.74) is 4.38. The second-order valence-corrected chi connectivity index (χ2v) is 13.7. The zero-order valence-corrected chi connectivity index (χ0v) is 28.6. The number of carbonyl (C=O) groups is 4. The maximum absolute atomic E-state index is 14.2. The highest BCUT2D eigenvalue weighted by molar-refractivity contribution is 14.1. The molecule has 3 aliphatic rings. The van der Waals surface area contributed by atoms with E-state index in [-0.39, 0.29) is 29.7 Å². The standard InChI is InChI=1S/C33H36IN5O8/c1-13(2)16-11-15(7-8-19(16)34)36-32(46)37-20-12-21(38(3)4)17-9-14-10-18-25(39(5)6)28(42)24(31(35)45)30(44)33(18,47)29(43)22(14)27(41)23(17)26(20)40/h7-8,11-12,14,18,25,40-41,44,47H,1,9-10H2,2-6H3,(H2,35,45)(H2,36,37,46)/t14-,18-,25-,33-/m0/s1. The lowest BCUT2D eigenvalue weighted by Crippen LogP contribution is -2.65. The van der Waals surface area contributed by atoms with Gasteiger partial charge < -0.3 is 41.7 Å². The van der Waals surface area contributed by atoms with Crippen LogP contribution in [-0.4, -0.2) is 88.7 Å². The number of anilines is 3. The highest BCUT2D eigenvalue weighted by atomic mass is 127. The first-order valence-corrected chi connectivity index (χ1v) is 15.7. The van der Waals surface area contributed by atoms with E-state index in [9.17, 15) is 39.6 Å². The van der Waals surface area contributed by atoms with Crippen molar-refractivity contribution in [3.05, 3.63) is 68.0 Å². The fourth-order valence-corrected chi connectivity index (χ4v) is 7.80. The maximum atomic E-state index is 14.2. The molecule has 0 radical (unpaired) electrons. The van der Waals surface area contributed by atoms with E-state index in [0.29, 0.717) is 16.9 Å². The second-order valence-electron chi connectivity index (χ2n) is 12.6. The van der Waals surface area contributed by atoms with E-state index in [1.807, 2.05) is 13.0 Å². The number of aromatic hydroxyl groups is 1. The summed E-state index contributed by atoms with van der Waals surface area (Å²) in [5, 5.41) is 51.4. The van der Waals surface area contributed by atoms with Gasteiger partial charge in [0.05, 0.1) is 17.3 Å². The van der Waals surface area contributed by atoms with E-state index in [0.717, 1.165) is 14.7 Å². The average Bonchev–Trinajstić information content (AvgIpc) is 2.96. The molecule has 2 aromatic carbocycles. The van der Waals surface area contributed by atoms with Crippen molar-refractivity contribution >= 4 is 74.5 Å². The minimum atomic E-state index is -2.75. The lowest BCUT2D eigenvalue weighted by atomic mass is 9.57. The number of hydrogen-bond acceptors (Lipinski definition) is 10. The van der Waals surface area contributed by atoms with Crippen molar-refractivity contribution in [1.82, 2.24) is 4.90 Å². The molecule has 0 heterocycles. The van der Waals surface area contributed by atoms with Crippen LogP contribution in [0.2, 0.25) is 0 Å². The number of halogens is 1. The van der Waals surface area contributed by atoms with Crippen LogP contribution in [0.15, 0.2) is 47.7 Å². The Balaban J connectivity index is 1.61. The largest absolute Gasteiger partial charge is 0.508 e. The summed E-state index contributed by atoms with van der Waals surface area (Å²) in [6.45, 7) is 5.80. The van der Waals surface area contributed by atoms with Crippen LogP contribution >= 0.6 is 22.6 Å². The number of aliphatic hydroxyl groups excluding tert-OH is 2. The van der Waals surface area contributed by atoms with Gasteiger partial charge in [-0.15, -0.1) is 0 Å². The van der Waals surface area contributed by atoms with Crippen LogP contribution < -0.4 is 21.3 Å². The number of hydrogen-bond donors (Lipinski definition) is 7. The zero-order chi connectivity index (χ0) is 34.9. The van der Waals surface area contributed by atoms with Crippen molar-refractivity contribution in [2.45, 2.75) is 31.4 Å². The van der Waals surface area contributed by atoms with Gasteiger partial charge in [0.2, 0.25) is 5.78 Å². The number of allylic oxidation sites excluding steroid dienone is 1. The molecular formula is C33H36IN5O8. The molecule has 0 spiro atoms. The number of primary amides is 1. The van der Waals surface area contributed by atoms with Crippen molar-refractivity contribution in [2.75, 3.05) is 43.7 Å². The van der Waals surface area contributed by atoms with Crippen molar-refractivity contribution in [1.29, 1.82) is 0 Å². The van der Waals surface area contributed by atoms with Gasteiger partial charge >= 0.3 is 6.03 Å². The number of fused-ring (bicyclic) bond motifs is 3. The van der Waals surface area contributed by atoms with E-state index < -0.39 is 69.8 Å². The third kappa shape index (κ3) is 5.33. The summed E-state index contributed by atoms with van der Waals surface area (Å²) >= 11 is 2.17. The zero-order valence-electron chi connectivity index (χ0n) is 26.4. The molecule has 248 valence electrons. The molecule has 5 rings (SSSR count). The minimum absolute atomic E-state index is 0.0377. The maximum Gasteiger partial charge on any atom is 0.323 e. The molecule has 2 aromatic rings.